The van der Waals surface area contributed by atoms with Crippen LogP contribution in [0, 0.1) is 0 Å². The number of rotatable bonds is 3. The molecule has 17 heavy (non-hydrogen) atoms. The molecule has 5 heteroatoms. The third-order valence-electron chi connectivity index (χ3n) is 3.11. The summed E-state index contributed by atoms with van der Waals surface area (Å²) < 4.78 is 0. The molecule has 1 unspecified atom stereocenters. The maximum atomic E-state index is 6.17. The molecule has 1 aliphatic heterocycles. The van der Waals surface area contributed by atoms with Crippen molar-refractivity contribution >= 4 is 35.6 Å². The SMILES string of the molecule is CNC1CCN(Cc2cccc(Cl)c2Cl)C1.Cl. The largest absolute Gasteiger partial charge is 0.316 e. The predicted octanol–water partition coefficient (Wildman–Crippen LogP) is 3.21. The minimum absolute atomic E-state index is 0. The van der Waals surface area contributed by atoms with Gasteiger partial charge in [-0.15, -0.1) is 12.4 Å². The number of hydrogen-bond acceptors (Lipinski definition) is 2. The summed E-state index contributed by atoms with van der Waals surface area (Å²) in [6.07, 6.45) is 1.20. The highest BCUT2D eigenvalue weighted by atomic mass is 35.5. The first-order chi connectivity index (χ1) is 7.70. The first-order valence-electron chi connectivity index (χ1n) is 5.53. The van der Waals surface area contributed by atoms with Gasteiger partial charge < -0.3 is 5.32 Å². The summed E-state index contributed by atoms with van der Waals surface area (Å²) in [4.78, 5) is 2.40. The maximum absolute atomic E-state index is 6.17. The fraction of sp³-hybridized carbons (Fsp3) is 0.500. The molecule has 1 atom stereocenters. The Hall–Kier alpha value is 0.01000. The lowest BCUT2D eigenvalue weighted by Crippen LogP contribution is -2.29. The van der Waals surface area contributed by atoms with Crippen LogP contribution in [0.2, 0.25) is 10.0 Å². The number of benzene rings is 1. The van der Waals surface area contributed by atoms with Crippen LogP contribution in [-0.2, 0) is 6.54 Å². The Morgan fingerprint density at radius 1 is 1.41 bits per heavy atom. The van der Waals surface area contributed by atoms with E-state index in [2.05, 4.69) is 10.2 Å². The number of likely N-dealkylation sites (N-methyl/N-ethyl adjacent to an activating group) is 1. The molecule has 0 aromatic heterocycles. The van der Waals surface area contributed by atoms with E-state index in [1.807, 2.05) is 25.2 Å². The number of nitrogens with zero attached hydrogens (tertiary/aromatic N) is 1. The van der Waals surface area contributed by atoms with Crippen LogP contribution in [0.4, 0.5) is 0 Å². The molecule has 2 rings (SSSR count). The molecule has 1 aromatic carbocycles. The highest BCUT2D eigenvalue weighted by Gasteiger charge is 2.21. The Balaban J connectivity index is 0.00000144. The standard InChI is InChI=1S/C12H16Cl2N2.ClH/c1-15-10-5-6-16(8-10)7-9-3-2-4-11(13)12(9)14;/h2-4,10,15H,5-8H2,1H3;1H. The van der Waals surface area contributed by atoms with Crippen molar-refractivity contribution in [3.8, 4) is 0 Å². The highest BCUT2D eigenvalue weighted by Crippen LogP contribution is 2.27. The van der Waals surface area contributed by atoms with Gasteiger partial charge in [0, 0.05) is 25.7 Å². The van der Waals surface area contributed by atoms with E-state index in [-0.39, 0.29) is 12.4 Å². The molecule has 1 N–H and O–H groups in total. The van der Waals surface area contributed by atoms with E-state index in [4.69, 9.17) is 23.2 Å². The van der Waals surface area contributed by atoms with Crippen LogP contribution in [0.15, 0.2) is 18.2 Å². The van der Waals surface area contributed by atoms with E-state index < -0.39 is 0 Å². The summed E-state index contributed by atoms with van der Waals surface area (Å²) in [5.41, 5.74) is 1.12. The Bertz CT molecular complexity index is 371. The van der Waals surface area contributed by atoms with E-state index in [1.165, 1.54) is 6.42 Å². The third kappa shape index (κ3) is 3.73. The van der Waals surface area contributed by atoms with Gasteiger partial charge in [-0.25, -0.2) is 0 Å². The van der Waals surface area contributed by atoms with Crippen molar-refractivity contribution < 1.29 is 0 Å². The maximum Gasteiger partial charge on any atom is 0.0637 e. The summed E-state index contributed by atoms with van der Waals surface area (Å²) >= 11 is 12.2. The van der Waals surface area contributed by atoms with Gasteiger partial charge in [-0.05, 0) is 25.1 Å². The van der Waals surface area contributed by atoms with Crippen LogP contribution >= 0.6 is 35.6 Å². The fourth-order valence-corrected chi connectivity index (χ4v) is 2.50. The van der Waals surface area contributed by atoms with Gasteiger partial charge in [0.05, 0.1) is 10.0 Å². The Morgan fingerprint density at radius 3 is 2.82 bits per heavy atom. The summed E-state index contributed by atoms with van der Waals surface area (Å²) in [6.45, 7) is 3.09. The van der Waals surface area contributed by atoms with Crippen molar-refractivity contribution in [2.24, 2.45) is 0 Å². The molecule has 96 valence electrons. The van der Waals surface area contributed by atoms with Crippen molar-refractivity contribution in [1.29, 1.82) is 0 Å². The van der Waals surface area contributed by atoms with E-state index in [0.29, 0.717) is 16.1 Å². The smallest absolute Gasteiger partial charge is 0.0637 e. The second-order valence-corrected chi connectivity index (χ2v) is 5.01. The van der Waals surface area contributed by atoms with E-state index >= 15 is 0 Å². The van der Waals surface area contributed by atoms with Gasteiger partial charge in [0.2, 0.25) is 0 Å². The molecule has 0 bridgehead atoms. The van der Waals surface area contributed by atoms with E-state index in [9.17, 15) is 0 Å². The van der Waals surface area contributed by atoms with Crippen LogP contribution in [0.25, 0.3) is 0 Å². The average Bonchev–Trinajstić information content (AvgIpc) is 2.73. The lowest BCUT2D eigenvalue weighted by atomic mass is 10.2. The van der Waals surface area contributed by atoms with Gasteiger partial charge in [-0.2, -0.15) is 0 Å². The van der Waals surface area contributed by atoms with Crippen molar-refractivity contribution in [1.82, 2.24) is 10.2 Å². The Labute approximate surface area is 119 Å². The number of likely N-dealkylation sites (tertiary alicyclic amines) is 1. The predicted molar refractivity (Wildman–Crippen MR) is 76.5 cm³/mol. The van der Waals surface area contributed by atoms with Crippen LogP contribution < -0.4 is 5.32 Å². The van der Waals surface area contributed by atoms with Gasteiger partial charge in [0.15, 0.2) is 0 Å². The van der Waals surface area contributed by atoms with Crippen molar-refractivity contribution in [3.05, 3.63) is 33.8 Å². The molecule has 1 heterocycles. The van der Waals surface area contributed by atoms with E-state index in [0.717, 1.165) is 25.2 Å². The van der Waals surface area contributed by atoms with Gasteiger partial charge in [0.1, 0.15) is 0 Å². The molecule has 0 amide bonds. The first-order valence-corrected chi connectivity index (χ1v) is 6.29. The molecule has 1 aromatic rings. The molecule has 2 nitrogen and oxygen atoms in total. The number of nitrogens with one attached hydrogen (secondary N) is 1. The zero-order chi connectivity index (χ0) is 11.5. The third-order valence-corrected chi connectivity index (χ3v) is 3.96. The van der Waals surface area contributed by atoms with E-state index in [1.54, 1.807) is 0 Å². The molecule has 1 aliphatic rings. The molecule has 0 spiro atoms. The topological polar surface area (TPSA) is 15.3 Å². The second kappa shape index (κ2) is 6.81. The number of halogens is 3. The highest BCUT2D eigenvalue weighted by molar-refractivity contribution is 6.42. The lowest BCUT2D eigenvalue weighted by molar-refractivity contribution is 0.322. The number of hydrogen-bond donors (Lipinski definition) is 1. The van der Waals surface area contributed by atoms with Crippen LogP contribution in [0.5, 0.6) is 0 Å². The van der Waals surface area contributed by atoms with Crippen molar-refractivity contribution in [3.63, 3.8) is 0 Å². The molecule has 0 aliphatic carbocycles. The quantitative estimate of drug-likeness (QED) is 0.921. The normalized spacial score (nSPS) is 20.3. The average molecular weight is 296 g/mol. The van der Waals surface area contributed by atoms with Gasteiger partial charge in [0.25, 0.3) is 0 Å². The Morgan fingerprint density at radius 2 is 2.18 bits per heavy atom. The fourth-order valence-electron chi connectivity index (χ4n) is 2.12. The summed E-state index contributed by atoms with van der Waals surface area (Å²) in [6, 6.07) is 6.43. The first kappa shape index (κ1) is 15.1. The van der Waals surface area contributed by atoms with Crippen LogP contribution in [0.1, 0.15) is 12.0 Å². The second-order valence-electron chi connectivity index (χ2n) is 4.22. The summed E-state index contributed by atoms with van der Waals surface area (Å²) in [5, 5.41) is 4.64. The van der Waals surface area contributed by atoms with Gasteiger partial charge >= 0.3 is 0 Å². The van der Waals surface area contributed by atoms with Crippen molar-refractivity contribution in [2.45, 2.75) is 19.0 Å². The molecular weight excluding hydrogens is 279 g/mol. The minimum Gasteiger partial charge on any atom is -0.316 e. The molecule has 1 saturated heterocycles. The summed E-state index contributed by atoms with van der Waals surface area (Å²) in [5.74, 6) is 0. The Kier molecular flexibility index (Phi) is 6.04. The lowest BCUT2D eigenvalue weighted by Gasteiger charge is -2.17. The van der Waals surface area contributed by atoms with Gasteiger partial charge in [-0.1, -0.05) is 35.3 Å². The van der Waals surface area contributed by atoms with Crippen LogP contribution in [-0.4, -0.2) is 31.1 Å². The zero-order valence-corrected chi connectivity index (χ0v) is 12.1. The van der Waals surface area contributed by atoms with Gasteiger partial charge in [-0.3, -0.25) is 4.90 Å². The molecule has 0 radical (unpaired) electrons. The minimum atomic E-state index is 0. The molecular formula is C12H17Cl3N2. The summed E-state index contributed by atoms with van der Waals surface area (Å²) in [7, 11) is 2.01. The zero-order valence-electron chi connectivity index (χ0n) is 9.75. The van der Waals surface area contributed by atoms with Crippen LogP contribution in [0.3, 0.4) is 0 Å². The molecule has 0 saturated carbocycles. The van der Waals surface area contributed by atoms with Crippen molar-refractivity contribution in [2.75, 3.05) is 20.1 Å². The monoisotopic (exact) mass is 294 g/mol. The molecule has 1 fully saturated rings.